The Kier molecular flexibility index (Phi) is 3.23. The standard InChI is InChI=1S/C20H18N2/c1-2-3-6-14-9-10-17-18(11-14)22-20-13-16-8-5-4-7-15(16)12-19(20)21-17/h4-5,7-13H,2-3,6H2,1H3. The molecule has 1 aromatic heterocycles. The molecule has 0 bridgehead atoms. The maximum Gasteiger partial charge on any atom is 0.0901 e. The maximum atomic E-state index is 4.83. The number of aryl methyl sites for hydroxylation is 1. The lowest BCUT2D eigenvalue weighted by molar-refractivity contribution is 0.795. The summed E-state index contributed by atoms with van der Waals surface area (Å²) in [6, 6.07) is 19.1. The Morgan fingerprint density at radius 3 is 2.05 bits per heavy atom. The third-order valence-electron chi connectivity index (χ3n) is 4.18. The zero-order chi connectivity index (χ0) is 14.9. The maximum absolute atomic E-state index is 4.83. The van der Waals surface area contributed by atoms with E-state index in [1.54, 1.807) is 0 Å². The Labute approximate surface area is 129 Å². The molecule has 2 heteroatoms. The van der Waals surface area contributed by atoms with Gasteiger partial charge >= 0.3 is 0 Å². The molecule has 0 amide bonds. The molecule has 0 atom stereocenters. The number of unbranched alkanes of at least 4 members (excludes halogenated alkanes) is 1. The van der Waals surface area contributed by atoms with E-state index in [0.717, 1.165) is 28.5 Å². The van der Waals surface area contributed by atoms with Crippen molar-refractivity contribution < 1.29 is 0 Å². The van der Waals surface area contributed by atoms with E-state index >= 15 is 0 Å². The van der Waals surface area contributed by atoms with Crippen LogP contribution in [0.15, 0.2) is 54.6 Å². The number of fused-ring (bicyclic) bond motifs is 3. The van der Waals surface area contributed by atoms with Gasteiger partial charge in [-0.05, 0) is 53.4 Å². The summed E-state index contributed by atoms with van der Waals surface area (Å²) >= 11 is 0. The first-order valence-corrected chi connectivity index (χ1v) is 7.93. The summed E-state index contributed by atoms with van der Waals surface area (Å²) in [5.41, 5.74) is 5.26. The molecule has 0 radical (unpaired) electrons. The lowest BCUT2D eigenvalue weighted by atomic mass is 10.1. The number of benzene rings is 3. The summed E-state index contributed by atoms with van der Waals surface area (Å²) < 4.78 is 0. The van der Waals surface area contributed by atoms with Crippen molar-refractivity contribution in [3.8, 4) is 0 Å². The van der Waals surface area contributed by atoms with E-state index in [1.807, 2.05) is 0 Å². The Morgan fingerprint density at radius 1 is 0.727 bits per heavy atom. The summed E-state index contributed by atoms with van der Waals surface area (Å²) in [6.07, 6.45) is 3.55. The van der Waals surface area contributed by atoms with Crippen molar-refractivity contribution in [3.05, 3.63) is 60.2 Å². The van der Waals surface area contributed by atoms with Crippen LogP contribution in [0.25, 0.3) is 32.8 Å². The van der Waals surface area contributed by atoms with Gasteiger partial charge in [-0.3, -0.25) is 0 Å². The molecule has 4 aromatic rings. The van der Waals surface area contributed by atoms with E-state index in [0.29, 0.717) is 0 Å². The van der Waals surface area contributed by atoms with Crippen molar-refractivity contribution >= 4 is 32.8 Å². The fourth-order valence-electron chi connectivity index (χ4n) is 2.94. The zero-order valence-corrected chi connectivity index (χ0v) is 12.7. The summed E-state index contributed by atoms with van der Waals surface area (Å²) in [5.74, 6) is 0. The third kappa shape index (κ3) is 2.31. The minimum atomic E-state index is 0.965. The van der Waals surface area contributed by atoms with E-state index in [2.05, 4.69) is 61.5 Å². The first kappa shape index (κ1) is 13.2. The van der Waals surface area contributed by atoms with Gasteiger partial charge in [0.25, 0.3) is 0 Å². The number of hydrogen-bond acceptors (Lipinski definition) is 2. The largest absolute Gasteiger partial charge is 0.244 e. The summed E-state index contributed by atoms with van der Waals surface area (Å²) in [7, 11) is 0. The Bertz CT molecular complexity index is 973. The molecule has 0 fully saturated rings. The zero-order valence-electron chi connectivity index (χ0n) is 12.7. The normalized spacial score (nSPS) is 11.5. The van der Waals surface area contributed by atoms with Gasteiger partial charge in [0.15, 0.2) is 0 Å². The molecule has 0 aliphatic carbocycles. The predicted molar refractivity (Wildman–Crippen MR) is 93.2 cm³/mol. The molecule has 108 valence electrons. The summed E-state index contributed by atoms with van der Waals surface area (Å²) in [4.78, 5) is 9.62. The van der Waals surface area contributed by atoms with E-state index in [-0.39, 0.29) is 0 Å². The lowest BCUT2D eigenvalue weighted by Gasteiger charge is -2.05. The van der Waals surface area contributed by atoms with Crippen LogP contribution in [0, 0.1) is 0 Å². The van der Waals surface area contributed by atoms with Crippen LogP contribution < -0.4 is 0 Å². The molecule has 1 heterocycles. The molecule has 0 unspecified atom stereocenters. The fraction of sp³-hybridized carbons (Fsp3) is 0.200. The Balaban J connectivity index is 1.91. The SMILES string of the molecule is CCCCc1ccc2nc3cc4ccccc4cc3nc2c1. The van der Waals surface area contributed by atoms with Crippen molar-refractivity contribution in [2.45, 2.75) is 26.2 Å². The molecule has 0 aliphatic rings. The average Bonchev–Trinajstić information content (AvgIpc) is 2.56. The smallest absolute Gasteiger partial charge is 0.0901 e. The van der Waals surface area contributed by atoms with Gasteiger partial charge in [0.05, 0.1) is 22.1 Å². The van der Waals surface area contributed by atoms with Crippen molar-refractivity contribution in [1.29, 1.82) is 0 Å². The van der Waals surface area contributed by atoms with Crippen molar-refractivity contribution in [2.24, 2.45) is 0 Å². The second-order valence-electron chi connectivity index (χ2n) is 5.84. The molecular weight excluding hydrogens is 268 g/mol. The predicted octanol–water partition coefficient (Wildman–Crippen LogP) is 5.28. The third-order valence-corrected chi connectivity index (χ3v) is 4.18. The number of hydrogen-bond donors (Lipinski definition) is 0. The minimum Gasteiger partial charge on any atom is -0.244 e. The van der Waals surface area contributed by atoms with Crippen LogP contribution in [-0.4, -0.2) is 9.97 Å². The van der Waals surface area contributed by atoms with Crippen molar-refractivity contribution in [3.63, 3.8) is 0 Å². The van der Waals surface area contributed by atoms with Crippen molar-refractivity contribution in [1.82, 2.24) is 9.97 Å². The lowest BCUT2D eigenvalue weighted by Crippen LogP contribution is -1.91. The van der Waals surface area contributed by atoms with Crippen molar-refractivity contribution in [2.75, 3.05) is 0 Å². The molecule has 0 aliphatic heterocycles. The quantitative estimate of drug-likeness (QED) is 0.479. The molecule has 0 saturated carbocycles. The Morgan fingerprint density at radius 2 is 1.36 bits per heavy atom. The second-order valence-corrected chi connectivity index (χ2v) is 5.84. The summed E-state index contributed by atoms with van der Waals surface area (Å²) in [5, 5.41) is 2.43. The fourth-order valence-corrected chi connectivity index (χ4v) is 2.94. The van der Waals surface area contributed by atoms with Crippen LogP contribution in [0.2, 0.25) is 0 Å². The van der Waals surface area contributed by atoms with Gasteiger partial charge < -0.3 is 0 Å². The first-order valence-electron chi connectivity index (χ1n) is 7.93. The minimum absolute atomic E-state index is 0.965. The molecular formula is C20H18N2. The van der Waals surface area contributed by atoms with Crippen LogP contribution in [0.5, 0.6) is 0 Å². The molecule has 22 heavy (non-hydrogen) atoms. The highest BCUT2D eigenvalue weighted by atomic mass is 14.8. The van der Waals surface area contributed by atoms with Gasteiger partial charge in [-0.1, -0.05) is 43.7 Å². The number of aromatic nitrogens is 2. The average molecular weight is 286 g/mol. The van der Waals surface area contributed by atoms with Crippen LogP contribution in [0.4, 0.5) is 0 Å². The second kappa shape index (κ2) is 5.38. The van der Waals surface area contributed by atoms with Gasteiger partial charge in [0, 0.05) is 0 Å². The summed E-state index contributed by atoms with van der Waals surface area (Å²) in [6.45, 7) is 2.22. The van der Waals surface area contributed by atoms with Gasteiger partial charge in [-0.15, -0.1) is 0 Å². The monoisotopic (exact) mass is 286 g/mol. The molecule has 3 aromatic carbocycles. The van der Waals surface area contributed by atoms with E-state index < -0.39 is 0 Å². The number of rotatable bonds is 3. The highest BCUT2D eigenvalue weighted by Gasteiger charge is 2.04. The highest BCUT2D eigenvalue weighted by molar-refractivity contribution is 5.97. The van der Waals surface area contributed by atoms with Crippen LogP contribution in [0.1, 0.15) is 25.3 Å². The van der Waals surface area contributed by atoms with Crippen LogP contribution in [0.3, 0.4) is 0 Å². The van der Waals surface area contributed by atoms with Gasteiger partial charge in [-0.2, -0.15) is 0 Å². The number of nitrogens with zero attached hydrogens (tertiary/aromatic N) is 2. The van der Waals surface area contributed by atoms with Gasteiger partial charge in [-0.25, -0.2) is 9.97 Å². The molecule has 4 rings (SSSR count). The van der Waals surface area contributed by atoms with E-state index in [4.69, 9.17) is 9.97 Å². The molecule has 0 spiro atoms. The highest BCUT2D eigenvalue weighted by Crippen LogP contribution is 2.23. The van der Waals surface area contributed by atoms with Crippen LogP contribution >= 0.6 is 0 Å². The van der Waals surface area contributed by atoms with E-state index in [1.165, 1.54) is 29.2 Å². The first-order chi connectivity index (χ1) is 10.8. The van der Waals surface area contributed by atoms with Crippen LogP contribution in [-0.2, 0) is 6.42 Å². The van der Waals surface area contributed by atoms with E-state index in [9.17, 15) is 0 Å². The molecule has 2 nitrogen and oxygen atoms in total. The Hall–Kier alpha value is -2.48. The molecule has 0 N–H and O–H groups in total. The van der Waals surface area contributed by atoms with Gasteiger partial charge in [0.1, 0.15) is 0 Å². The molecule has 0 saturated heterocycles. The van der Waals surface area contributed by atoms with Gasteiger partial charge in [0.2, 0.25) is 0 Å². The topological polar surface area (TPSA) is 25.8 Å².